The molecule has 0 atom stereocenters. The average molecular weight is 315 g/mol. The topological polar surface area (TPSA) is 92.9 Å². The van der Waals surface area contributed by atoms with Crippen LogP contribution in [0.25, 0.3) is 16.9 Å². The predicted octanol–water partition coefficient (Wildman–Crippen LogP) is 2.01. The first kappa shape index (κ1) is 11.6. The van der Waals surface area contributed by atoms with Gasteiger partial charge in [-0.1, -0.05) is 18.2 Å². The number of hydrogen-bond acceptors (Lipinski definition) is 5. The Balaban J connectivity index is 2.37. The summed E-state index contributed by atoms with van der Waals surface area (Å²) in [6, 6.07) is 9.31. The Morgan fingerprint density at radius 3 is 2.89 bits per heavy atom. The number of halogens is 1. The van der Waals surface area contributed by atoms with Gasteiger partial charge in [0.15, 0.2) is 11.5 Å². The molecule has 3 rings (SSSR count). The lowest BCUT2D eigenvalue weighted by molar-refractivity contribution is 0.925. The van der Waals surface area contributed by atoms with Crippen LogP contribution in [0.4, 0.5) is 5.82 Å². The lowest BCUT2D eigenvalue weighted by Gasteiger charge is -2.08. The third kappa shape index (κ3) is 1.73. The van der Waals surface area contributed by atoms with Gasteiger partial charge in [-0.2, -0.15) is 10.4 Å². The molecule has 0 aliphatic heterocycles. The highest BCUT2D eigenvalue weighted by molar-refractivity contribution is 9.10. The fourth-order valence-corrected chi connectivity index (χ4v) is 2.40. The van der Waals surface area contributed by atoms with E-state index in [0.717, 1.165) is 0 Å². The van der Waals surface area contributed by atoms with E-state index in [1.54, 1.807) is 16.6 Å². The Labute approximate surface area is 116 Å². The summed E-state index contributed by atoms with van der Waals surface area (Å²) in [6.45, 7) is 0. The SMILES string of the molecule is N#Cc1ccccc1-c1nc(N)c2ncnn2c1Br. The molecule has 0 spiro atoms. The van der Waals surface area contributed by atoms with Gasteiger partial charge >= 0.3 is 0 Å². The number of rotatable bonds is 1. The maximum Gasteiger partial charge on any atom is 0.199 e. The summed E-state index contributed by atoms with van der Waals surface area (Å²) in [6.07, 6.45) is 1.40. The molecule has 0 saturated carbocycles. The van der Waals surface area contributed by atoms with Gasteiger partial charge < -0.3 is 5.73 Å². The van der Waals surface area contributed by atoms with Crippen LogP contribution in [0.3, 0.4) is 0 Å². The molecule has 0 fully saturated rings. The van der Waals surface area contributed by atoms with E-state index in [2.05, 4.69) is 37.1 Å². The molecule has 0 radical (unpaired) electrons. The zero-order valence-electron chi connectivity index (χ0n) is 9.58. The molecule has 0 aliphatic rings. The third-order valence-corrected chi connectivity index (χ3v) is 3.40. The predicted molar refractivity (Wildman–Crippen MR) is 73.0 cm³/mol. The van der Waals surface area contributed by atoms with Crippen LogP contribution in [0.2, 0.25) is 0 Å². The first-order valence-electron chi connectivity index (χ1n) is 5.36. The van der Waals surface area contributed by atoms with Crippen LogP contribution >= 0.6 is 15.9 Å². The lowest BCUT2D eigenvalue weighted by Crippen LogP contribution is -2.03. The van der Waals surface area contributed by atoms with Gasteiger partial charge in [-0.3, -0.25) is 0 Å². The van der Waals surface area contributed by atoms with Gasteiger partial charge in [-0.05, 0) is 22.0 Å². The van der Waals surface area contributed by atoms with Gasteiger partial charge in [0.25, 0.3) is 0 Å². The lowest BCUT2D eigenvalue weighted by atomic mass is 10.1. The van der Waals surface area contributed by atoms with Crippen LogP contribution in [0.15, 0.2) is 35.2 Å². The largest absolute Gasteiger partial charge is 0.381 e. The Morgan fingerprint density at radius 1 is 1.32 bits per heavy atom. The Hall–Kier alpha value is -2.46. The number of nitrogens with zero attached hydrogens (tertiary/aromatic N) is 5. The maximum atomic E-state index is 9.15. The van der Waals surface area contributed by atoms with Crippen molar-refractivity contribution in [1.29, 1.82) is 5.26 Å². The van der Waals surface area contributed by atoms with Gasteiger partial charge in [-0.25, -0.2) is 14.5 Å². The molecule has 2 aromatic heterocycles. The zero-order chi connectivity index (χ0) is 13.4. The van der Waals surface area contributed by atoms with Crippen LogP contribution in [0.1, 0.15) is 5.56 Å². The Bertz CT molecular complexity index is 817. The Kier molecular flexibility index (Phi) is 2.65. The summed E-state index contributed by atoms with van der Waals surface area (Å²) < 4.78 is 2.16. The first-order chi connectivity index (χ1) is 9.22. The van der Waals surface area contributed by atoms with E-state index in [9.17, 15) is 0 Å². The van der Waals surface area contributed by atoms with E-state index in [4.69, 9.17) is 11.0 Å². The monoisotopic (exact) mass is 314 g/mol. The zero-order valence-corrected chi connectivity index (χ0v) is 11.2. The quantitative estimate of drug-likeness (QED) is 0.741. The third-order valence-electron chi connectivity index (χ3n) is 2.69. The highest BCUT2D eigenvalue weighted by Crippen LogP contribution is 2.30. The molecule has 2 N–H and O–H groups in total. The molecular weight excluding hydrogens is 308 g/mol. The maximum absolute atomic E-state index is 9.15. The molecule has 19 heavy (non-hydrogen) atoms. The minimum absolute atomic E-state index is 0.267. The average Bonchev–Trinajstić information content (AvgIpc) is 2.93. The van der Waals surface area contributed by atoms with Gasteiger partial charge in [0, 0.05) is 5.56 Å². The summed E-state index contributed by atoms with van der Waals surface area (Å²) in [7, 11) is 0. The van der Waals surface area contributed by atoms with Crippen molar-refractivity contribution in [2.45, 2.75) is 0 Å². The Morgan fingerprint density at radius 2 is 2.11 bits per heavy atom. The van der Waals surface area contributed by atoms with Gasteiger partial charge in [-0.15, -0.1) is 0 Å². The summed E-state index contributed by atoms with van der Waals surface area (Å²) in [5.74, 6) is 0.267. The molecular formula is C12H7BrN6. The number of aromatic nitrogens is 4. The highest BCUT2D eigenvalue weighted by atomic mass is 79.9. The second-order valence-corrected chi connectivity index (χ2v) is 4.54. The minimum atomic E-state index is 0.267. The van der Waals surface area contributed by atoms with Crippen molar-refractivity contribution >= 4 is 27.4 Å². The molecule has 0 saturated heterocycles. The molecule has 1 aromatic carbocycles. The van der Waals surface area contributed by atoms with Crippen LogP contribution in [-0.2, 0) is 0 Å². The van der Waals surface area contributed by atoms with Crippen molar-refractivity contribution < 1.29 is 0 Å². The van der Waals surface area contributed by atoms with Crippen LogP contribution in [0, 0.1) is 11.3 Å². The number of nitrogen functional groups attached to an aromatic ring is 1. The van der Waals surface area contributed by atoms with Crippen molar-refractivity contribution in [3.8, 4) is 17.3 Å². The van der Waals surface area contributed by atoms with E-state index in [1.165, 1.54) is 6.33 Å². The second-order valence-electron chi connectivity index (χ2n) is 3.79. The van der Waals surface area contributed by atoms with Crippen molar-refractivity contribution in [2.24, 2.45) is 0 Å². The molecule has 2 heterocycles. The summed E-state index contributed by atoms with van der Waals surface area (Å²) in [5, 5.41) is 13.2. The summed E-state index contributed by atoms with van der Waals surface area (Å²) in [5.41, 5.74) is 8.12. The normalized spacial score (nSPS) is 10.5. The number of nitriles is 1. The van der Waals surface area contributed by atoms with Crippen LogP contribution in [0.5, 0.6) is 0 Å². The minimum Gasteiger partial charge on any atom is -0.381 e. The first-order valence-corrected chi connectivity index (χ1v) is 6.16. The summed E-state index contributed by atoms with van der Waals surface area (Å²) in [4.78, 5) is 8.33. The molecule has 0 bridgehead atoms. The number of anilines is 1. The van der Waals surface area contributed by atoms with Crippen molar-refractivity contribution in [3.63, 3.8) is 0 Å². The van der Waals surface area contributed by atoms with E-state index in [0.29, 0.717) is 27.1 Å². The smallest absolute Gasteiger partial charge is 0.199 e. The number of hydrogen-bond donors (Lipinski definition) is 1. The molecule has 0 amide bonds. The number of nitrogens with two attached hydrogens (primary N) is 1. The standard InChI is InChI=1S/C12H7BrN6/c13-10-9(8-4-2-1-3-7(8)5-14)18-11(15)12-16-6-17-19(10)12/h1-4,6H,(H2,15,18). The number of benzene rings is 1. The van der Waals surface area contributed by atoms with Crippen molar-refractivity contribution in [3.05, 3.63) is 40.8 Å². The molecule has 7 heteroatoms. The molecule has 0 aliphatic carbocycles. The summed E-state index contributed by atoms with van der Waals surface area (Å²) >= 11 is 3.43. The van der Waals surface area contributed by atoms with Crippen molar-refractivity contribution in [1.82, 2.24) is 19.6 Å². The fourth-order valence-electron chi connectivity index (χ4n) is 1.84. The van der Waals surface area contributed by atoms with E-state index >= 15 is 0 Å². The van der Waals surface area contributed by atoms with E-state index in [-0.39, 0.29) is 5.82 Å². The second kappa shape index (κ2) is 4.33. The van der Waals surface area contributed by atoms with Crippen LogP contribution in [-0.4, -0.2) is 19.6 Å². The fraction of sp³-hybridized carbons (Fsp3) is 0. The van der Waals surface area contributed by atoms with Crippen molar-refractivity contribution in [2.75, 3.05) is 5.73 Å². The van der Waals surface area contributed by atoms with Gasteiger partial charge in [0.2, 0.25) is 0 Å². The van der Waals surface area contributed by atoms with Gasteiger partial charge in [0.1, 0.15) is 16.6 Å². The van der Waals surface area contributed by atoms with E-state index < -0.39 is 0 Å². The highest BCUT2D eigenvalue weighted by Gasteiger charge is 2.16. The van der Waals surface area contributed by atoms with Crippen LogP contribution < -0.4 is 5.73 Å². The van der Waals surface area contributed by atoms with E-state index in [1.807, 2.05) is 12.1 Å². The van der Waals surface area contributed by atoms with Gasteiger partial charge in [0.05, 0.1) is 11.6 Å². The number of fused-ring (bicyclic) bond motifs is 1. The molecule has 6 nitrogen and oxygen atoms in total. The molecule has 92 valence electrons. The molecule has 3 aromatic rings. The molecule has 0 unspecified atom stereocenters.